The Balaban J connectivity index is 1.60. The first-order valence-electron chi connectivity index (χ1n) is 8.59. The van der Waals surface area contributed by atoms with Gasteiger partial charge in [0.2, 0.25) is 0 Å². The summed E-state index contributed by atoms with van der Waals surface area (Å²) in [6, 6.07) is 18.8. The first-order valence-corrected chi connectivity index (χ1v) is 10.2. The first-order chi connectivity index (χ1) is 14.0. The van der Waals surface area contributed by atoms with Crippen molar-refractivity contribution in [2.75, 3.05) is 5.32 Å². The Morgan fingerprint density at radius 1 is 0.966 bits per heavy atom. The molecule has 0 atom stereocenters. The predicted molar refractivity (Wildman–Crippen MR) is 117 cm³/mol. The summed E-state index contributed by atoms with van der Waals surface area (Å²) in [5, 5.41) is 6.11. The molecule has 0 aliphatic heterocycles. The molecule has 0 radical (unpaired) electrons. The van der Waals surface area contributed by atoms with Crippen molar-refractivity contribution in [3.8, 4) is 21.8 Å². The van der Waals surface area contributed by atoms with Gasteiger partial charge in [-0.3, -0.25) is 4.79 Å². The van der Waals surface area contributed by atoms with Crippen LogP contribution in [0.3, 0.4) is 0 Å². The van der Waals surface area contributed by atoms with Crippen molar-refractivity contribution >= 4 is 46.1 Å². The molecule has 3 aromatic carbocycles. The van der Waals surface area contributed by atoms with Crippen LogP contribution in [0.2, 0.25) is 10.0 Å². The molecule has 4 rings (SSSR count). The molecule has 0 aliphatic rings. The Bertz CT molecular complexity index is 1190. The highest BCUT2D eigenvalue weighted by molar-refractivity contribution is 7.13. The number of hydrogen-bond donors (Lipinski definition) is 1. The molecule has 0 unspecified atom stereocenters. The fourth-order valence-corrected chi connectivity index (χ4v) is 4.23. The van der Waals surface area contributed by atoms with Gasteiger partial charge < -0.3 is 5.32 Å². The van der Waals surface area contributed by atoms with Gasteiger partial charge in [0.25, 0.3) is 5.91 Å². The summed E-state index contributed by atoms with van der Waals surface area (Å²) >= 11 is 13.7. The fraction of sp³-hybridized carbons (Fsp3) is 0. The van der Waals surface area contributed by atoms with Gasteiger partial charge in [-0.1, -0.05) is 59.6 Å². The van der Waals surface area contributed by atoms with Crippen molar-refractivity contribution in [2.24, 2.45) is 0 Å². The molecule has 0 saturated heterocycles. The normalized spacial score (nSPS) is 10.7. The Hall–Kier alpha value is -2.73. The second kappa shape index (κ2) is 8.33. The topological polar surface area (TPSA) is 42.0 Å². The summed E-state index contributed by atoms with van der Waals surface area (Å²) in [6.07, 6.45) is 0. The van der Waals surface area contributed by atoms with E-state index in [0.717, 1.165) is 21.8 Å². The van der Waals surface area contributed by atoms with Crippen LogP contribution in [0.1, 0.15) is 10.4 Å². The monoisotopic (exact) mass is 442 g/mol. The molecule has 1 aromatic heterocycles. The van der Waals surface area contributed by atoms with Gasteiger partial charge in [0.15, 0.2) is 0 Å². The lowest BCUT2D eigenvalue weighted by atomic mass is 10.1. The van der Waals surface area contributed by atoms with Crippen molar-refractivity contribution in [1.29, 1.82) is 0 Å². The van der Waals surface area contributed by atoms with E-state index >= 15 is 0 Å². The maximum Gasteiger partial charge on any atom is 0.260 e. The van der Waals surface area contributed by atoms with Crippen molar-refractivity contribution < 1.29 is 9.18 Å². The standard InChI is InChI=1S/C22H13Cl2FN2OS/c23-16-8-2-1-7-15(16)22-27-19(12-29-22)13-5-3-6-14(11-13)26-21(28)20-17(24)9-4-10-18(20)25/h1-12H,(H,26,28). The molecule has 0 fully saturated rings. The van der Waals surface area contributed by atoms with Crippen molar-refractivity contribution in [1.82, 2.24) is 4.98 Å². The number of aromatic nitrogens is 1. The molecule has 4 aromatic rings. The largest absolute Gasteiger partial charge is 0.322 e. The average Bonchev–Trinajstić information content (AvgIpc) is 3.18. The quantitative estimate of drug-likeness (QED) is 0.363. The maximum absolute atomic E-state index is 14.0. The summed E-state index contributed by atoms with van der Waals surface area (Å²) in [5.41, 5.74) is 2.76. The number of carbonyl (C=O) groups is 1. The highest BCUT2D eigenvalue weighted by Crippen LogP contribution is 2.33. The van der Waals surface area contributed by atoms with Crippen LogP contribution >= 0.6 is 34.5 Å². The van der Waals surface area contributed by atoms with Crippen LogP contribution in [-0.2, 0) is 0 Å². The third-order valence-electron chi connectivity index (χ3n) is 4.21. The summed E-state index contributed by atoms with van der Waals surface area (Å²) in [4.78, 5) is 17.1. The highest BCUT2D eigenvalue weighted by atomic mass is 35.5. The van der Waals surface area contributed by atoms with Gasteiger partial charge in [0, 0.05) is 22.2 Å². The van der Waals surface area contributed by atoms with Crippen LogP contribution in [0.4, 0.5) is 10.1 Å². The lowest BCUT2D eigenvalue weighted by Gasteiger charge is -2.08. The van der Waals surface area contributed by atoms with Crippen LogP contribution in [0.15, 0.2) is 72.1 Å². The van der Waals surface area contributed by atoms with E-state index in [0.29, 0.717) is 10.7 Å². The molecule has 0 bridgehead atoms. The second-order valence-corrected chi connectivity index (χ2v) is 7.82. The number of halogens is 3. The van der Waals surface area contributed by atoms with Crippen LogP contribution < -0.4 is 5.32 Å². The van der Waals surface area contributed by atoms with Gasteiger partial charge in [-0.25, -0.2) is 9.37 Å². The number of amides is 1. The van der Waals surface area contributed by atoms with Crippen LogP contribution in [-0.4, -0.2) is 10.9 Å². The molecule has 1 N–H and O–H groups in total. The lowest BCUT2D eigenvalue weighted by Crippen LogP contribution is -2.14. The number of nitrogens with one attached hydrogen (secondary N) is 1. The third kappa shape index (κ3) is 4.17. The van der Waals surface area contributed by atoms with Crippen molar-refractivity contribution in [2.45, 2.75) is 0 Å². The zero-order chi connectivity index (χ0) is 20.4. The number of carbonyl (C=O) groups excluding carboxylic acids is 1. The van der Waals surface area contributed by atoms with E-state index in [2.05, 4.69) is 10.3 Å². The molecule has 0 saturated carbocycles. The number of anilines is 1. The summed E-state index contributed by atoms with van der Waals surface area (Å²) in [5.74, 6) is -1.28. The molecular formula is C22H13Cl2FN2OS. The summed E-state index contributed by atoms with van der Waals surface area (Å²) in [7, 11) is 0. The van der Waals surface area contributed by atoms with E-state index in [9.17, 15) is 9.18 Å². The number of benzene rings is 3. The molecule has 144 valence electrons. The van der Waals surface area contributed by atoms with Crippen LogP contribution in [0, 0.1) is 5.82 Å². The smallest absolute Gasteiger partial charge is 0.260 e. The van der Waals surface area contributed by atoms with E-state index in [1.165, 1.54) is 29.5 Å². The molecule has 3 nitrogen and oxygen atoms in total. The summed E-state index contributed by atoms with van der Waals surface area (Å²) in [6.45, 7) is 0. The summed E-state index contributed by atoms with van der Waals surface area (Å²) < 4.78 is 14.0. The number of rotatable bonds is 4. The molecule has 1 heterocycles. The van der Waals surface area contributed by atoms with Gasteiger partial charge in [0.1, 0.15) is 10.8 Å². The first kappa shape index (κ1) is 19.6. The third-order valence-corrected chi connectivity index (χ3v) is 5.73. The van der Waals surface area contributed by atoms with Crippen molar-refractivity contribution in [3.05, 3.63) is 93.5 Å². The van der Waals surface area contributed by atoms with E-state index in [1.54, 1.807) is 18.2 Å². The van der Waals surface area contributed by atoms with Gasteiger partial charge in [0.05, 0.1) is 21.3 Å². The lowest BCUT2D eigenvalue weighted by molar-refractivity contribution is 0.102. The van der Waals surface area contributed by atoms with Crippen molar-refractivity contribution in [3.63, 3.8) is 0 Å². The Labute approximate surface area is 180 Å². The number of hydrogen-bond acceptors (Lipinski definition) is 3. The molecule has 0 aliphatic carbocycles. The highest BCUT2D eigenvalue weighted by Gasteiger charge is 2.16. The maximum atomic E-state index is 14.0. The second-order valence-electron chi connectivity index (χ2n) is 6.15. The average molecular weight is 443 g/mol. The molecular weight excluding hydrogens is 430 g/mol. The number of nitrogens with zero attached hydrogens (tertiary/aromatic N) is 1. The fourth-order valence-electron chi connectivity index (χ4n) is 2.83. The molecule has 29 heavy (non-hydrogen) atoms. The minimum atomic E-state index is -0.671. The zero-order valence-electron chi connectivity index (χ0n) is 14.8. The SMILES string of the molecule is O=C(Nc1cccc(-c2csc(-c3ccccc3Cl)n2)c1)c1c(F)cccc1Cl. The number of thiazole rings is 1. The molecule has 1 amide bonds. The minimum Gasteiger partial charge on any atom is -0.322 e. The Morgan fingerprint density at radius 3 is 2.52 bits per heavy atom. The van der Waals surface area contributed by atoms with Crippen LogP contribution in [0.25, 0.3) is 21.8 Å². The van der Waals surface area contributed by atoms with Crippen LogP contribution in [0.5, 0.6) is 0 Å². The minimum absolute atomic E-state index is 0.0579. The van der Waals surface area contributed by atoms with E-state index in [-0.39, 0.29) is 10.6 Å². The van der Waals surface area contributed by atoms with Gasteiger partial charge in [-0.15, -0.1) is 11.3 Å². The zero-order valence-corrected chi connectivity index (χ0v) is 17.2. The van der Waals surface area contributed by atoms with E-state index in [4.69, 9.17) is 23.2 Å². The predicted octanol–water partition coefficient (Wildman–Crippen LogP) is 7.18. The molecule has 0 spiro atoms. The molecule has 7 heteroatoms. The van der Waals surface area contributed by atoms with Gasteiger partial charge >= 0.3 is 0 Å². The van der Waals surface area contributed by atoms with E-state index < -0.39 is 11.7 Å². The van der Waals surface area contributed by atoms with Gasteiger partial charge in [-0.05, 0) is 30.3 Å². The van der Waals surface area contributed by atoms with Gasteiger partial charge in [-0.2, -0.15) is 0 Å². The Kier molecular flexibility index (Phi) is 5.62. The Morgan fingerprint density at radius 2 is 1.72 bits per heavy atom. The van der Waals surface area contributed by atoms with E-state index in [1.807, 2.05) is 35.7 Å².